The summed E-state index contributed by atoms with van der Waals surface area (Å²) in [6.07, 6.45) is -0.0211. The van der Waals surface area contributed by atoms with Crippen molar-refractivity contribution < 1.29 is 19.1 Å². The Morgan fingerprint density at radius 3 is 2.32 bits per heavy atom. The fourth-order valence-electron chi connectivity index (χ4n) is 2.61. The molecule has 2 aromatic rings. The van der Waals surface area contributed by atoms with Crippen molar-refractivity contribution in [2.75, 3.05) is 39.8 Å². The molecule has 1 amide bonds. The number of anilines is 1. The van der Waals surface area contributed by atoms with E-state index in [-0.39, 0.29) is 18.9 Å². The van der Waals surface area contributed by atoms with Crippen LogP contribution in [0.4, 0.5) is 5.69 Å². The zero-order valence-corrected chi connectivity index (χ0v) is 17.3. The van der Waals surface area contributed by atoms with Gasteiger partial charge in [-0.15, -0.1) is 0 Å². The summed E-state index contributed by atoms with van der Waals surface area (Å²) in [5.41, 5.74) is 2.70. The van der Waals surface area contributed by atoms with E-state index in [4.69, 9.17) is 21.1 Å². The van der Waals surface area contributed by atoms with E-state index in [1.807, 2.05) is 43.3 Å². The number of rotatable bonds is 8. The Labute approximate surface area is 170 Å². The zero-order valence-electron chi connectivity index (χ0n) is 16.6. The Kier molecular flexibility index (Phi) is 7.70. The molecule has 0 saturated carbocycles. The minimum atomic E-state index is -0.516. The van der Waals surface area contributed by atoms with Gasteiger partial charge in [0.25, 0.3) is 5.91 Å². The second kappa shape index (κ2) is 9.99. The molecule has 0 N–H and O–H groups in total. The summed E-state index contributed by atoms with van der Waals surface area (Å²) < 4.78 is 10.3. The SMILES string of the molecule is COc1ccc(Cl)cc1CC(=O)OCC(=O)N(C)Cc1ccc(N(C)C)cc1. The Morgan fingerprint density at radius 1 is 1.04 bits per heavy atom. The Hall–Kier alpha value is -2.73. The van der Waals surface area contributed by atoms with Crippen LogP contribution in [-0.2, 0) is 27.3 Å². The van der Waals surface area contributed by atoms with E-state index in [0.29, 0.717) is 22.9 Å². The highest BCUT2D eigenvalue weighted by molar-refractivity contribution is 6.30. The molecule has 7 heteroatoms. The van der Waals surface area contributed by atoms with Gasteiger partial charge in [-0.25, -0.2) is 0 Å². The second-order valence-corrected chi connectivity index (χ2v) is 7.04. The lowest BCUT2D eigenvalue weighted by Crippen LogP contribution is -2.31. The molecular weight excluding hydrogens is 380 g/mol. The molecule has 6 nitrogen and oxygen atoms in total. The molecule has 150 valence electrons. The van der Waals surface area contributed by atoms with Gasteiger partial charge in [0.2, 0.25) is 0 Å². The highest BCUT2D eigenvalue weighted by atomic mass is 35.5. The van der Waals surface area contributed by atoms with E-state index >= 15 is 0 Å². The third-order valence-electron chi connectivity index (χ3n) is 4.23. The van der Waals surface area contributed by atoms with Crippen LogP contribution in [0.5, 0.6) is 5.75 Å². The molecule has 0 spiro atoms. The highest BCUT2D eigenvalue weighted by Crippen LogP contribution is 2.23. The monoisotopic (exact) mass is 404 g/mol. The molecule has 0 aliphatic heterocycles. The van der Waals surface area contributed by atoms with Gasteiger partial charge in [-0.2, -0.15) is 0 Å². The number of halogens is 1. The first-order chi connectivity index (χ1) is 13.3. The maximum atomic E-state index is 12.3. The molecule has 0 heterocycles. The maximum absolute atomic E-state index is 12.3. The molecule has 0 bridgehead atoms. The van der Waals surface area contributed by atoms with Crippen LogP contribution in [0.1, 0.15) is 11.1 Å². The maximum Gasteiger partial charge on any atom is 0.310 e. The van der Waals surface area contributed by atoms with Gasteiger partial charge in [0, 0.05) is 44.0 Å². The van der Waals surface area contributed by atoms with E-state index in [1.165, 1.54) is 12.0 Å². The minimum Gasteiger partial charge on any atom is -0.496 e. The smallest absolute Gasteiger partial charge is 0.310 e. The predicted molar refractivity (Wildman–Crippen MR) is 110 cm³/mol. The van der Waals surface area contributed by atoms with Crippen molar-refractivity contribution in [2.24, 2.45) is 0 Å². The first kappa shape index (κ1) is 21.6. The summed E-state index contributed by atoms with van der Waals surface area (Å²) in [6, 6.07) is 12.9. The summed E-state index contributed by atoms with van der Waals surface area (Å²) in [6.45, 7) is 0.125. The van der Waals surface area contributed by atoms with Crippen LogP contribution in [-0.4, -0.2) is 51.6 Å². The average molecular weight is 405 g/mol. The van der Waals surface area contributed by atoms with Crippen LogP contribution in [0, 0.1) is 0 Å². The first-order valence-corrected chi connectivity index (χ1v) is 9.16. The van der Waals surface area contributed by atoms with Crippen molar-refractivity contribution >= 4 is 29.2 Å². The number of methoxy groups -OCH3 is 1. The number of likely N-dealkylation sites (N-methyl/N-ethyl adjacent to an activating group) is 1. The summed E-state index contributed by atoms with van der Waals surface area (Å²) in [7, 11) is 7.13. The van der Waals surface area contributed by atoms with Gasteiger partial charge in [-0.1, -0.05) is 23.7 Å². The molecule has 28 heavy (non-hydrogen) atoms. The van der Waals surface area contributed by atoms with Gasteiger partial charge in [0.1, 0.15) is 5.75 Å². The van der Waals surface area contributed by atoms with E-state index in [1.54, 1.807) is 25.2 Å². The van der Waals surface area contributed by atoms with Crippen LogP contribution in [0.2, 0.25) is 5.02 Å². The lowest BCUT2D eigenvalue weighted by atomic mass is 10.1. The van der Waals surface area contributed by atoms with Gasteiger partial charge >= 0.3 is 5.97 Å². The van der Waals surface area contributed by atoms with Gasteiger partial charge in [-0.3, -0.25) is 9.59 Å². The topological polar surface area (TPSA) is 59.1 Å². The van der Waals surface area contributed by atoms with Crippen LogP contribution < -0.4 is 9.64 Å². The molecule has 0 aromatic heterocycles. The standard InChI is InChI=1S/C21H25ClN2O4/c1-23(2)18-8-5-15(6-9-18)13-24(3)20(25)14-28-21(26)12-16-11-17(22)7-10-19(16)27-4/h5-11H,12-14H2,1-4H3. The van der Waals surface area contributed by atoms with Crippen molar-refractivity contribution in [1.82, 2.24) is 4.90 Å². The number of carbonyl (C=O) groups is 2. The molecule has 0 atom stereocenters. The van der Waals surface area contributed by atoms with Crippen LogP contribution >= 0.6 is 11.6 Å². The number of benzene rings is 2. The van der Waals surface area contributed by atoms with Crippen molar-refractivity contribution in [1.29, 1.82) is 0 Å². The molecule has 0 saturated heterocycles. The molecular formula is C21H25ClN2O4. The molecule has 0 radical (unpaired) electrons. The van der Waals surface area contributed by atoms with Crippen molar-refractivity contribution in [2.45, 2.75) is 13.0 Å². The van der Waals surface area contributed by atoms with E-state index in [0.717, 1.165) is 11.3 Å². The number of esters is 1. The lowest BCUT2D eigenvalue weighted by molar-refractivity contribution is -0.151. The number of hydrogen-bond acceptors (Lipinski definition) is 5. The third kappa shape index (κ3) is 6.16. The van der Waals surface area contributed by atoms with Crippen LogP contribution in [0.3, 0.4) is 0 Å². The van der Waals surface area contributed by atoms with Crippen molar-refractivity contribution in [3.8, 4) is 5.75 Å². The zero-order chi connectivity index (χ0) is 20.7. The largest absolute Gasteiger partial charge is 0.496 e. The second-order valence-electron chi connectivity index (χ2n) is 6.60. The molecule has 0 aliphatic rings. The van der Waals surface area contributed by atoms with Gasteiger partial charge in [0.05, 0.1) is 13.5 Å². The molecule has 2 aromatic carbocycles. The summed E-state index contributed by atoms with van der Waals surface area (Å²) in [4.78, 5) is 27.9. The highest BCUT2D eigenvalue weighted by Gasteiger charge is 2.15. The first-order valence-electron chi connectivity index (χ1n) is 8.78. The Morgan fingerprint density at radius 2 is 1.71 bits per heavy atom. The molecule has 0 fully saturated rings. The average Bonchev–Trinajstić information content (AvgIpc) is 2.66. The minimum absolute atomic E-state index is 0.0211. The normalized spacial score (nSPS) is 10.3. The molecule has 0 unspecified atom stereocenters. The summed E-state index contributed by atoms with van der Waals surface area (Å²) >= 11 is 5.96. The van der Waals surface area contributed by atoms with Gasteiger partial charge in [0.15, 0.2) is 6.61 Å². The van der Waals surface area contributed by atoms with E-state index in [2.05, 4.69) is 0 Å². The third-order valence-corrected chi connectivity index (χ3v) is 4.47. The summed E-state index contributed by atoms with van der Waals surface area (Å²) in [5, 5.41) is 0.500. The van der Waals surface area contributed by atoms with Gasteiger partial charge < -0.3 is 19.3 Å². The van der Waals surface area contributed by atoms with Crippen LogP contribution in [0.25, 0.3) is 0 Å². The number of ether oxygens (including phenoxy) is 2. The molecule has 0 aliphatic carbocycles. The quantitative estimate of drug-likeness (QED) is 0.632. The Balaban J connectivity index is 1.85. The number of hydrogen-bond donors (Lipinski definition) is 0. The van der Waals surface area contributed by atoms with E-state index in [9.17, 15) is 9.59 Å². The predicted octanol–water partition coefficient (Wildman–Crippen LogP) is 3.16. The van der Waals surface area contributed by atoms with Crippen molar-refractivity contribution in [3.05, 3.63) is 58.6 Å². The van der Waals surface area contributed by atoms with Crippen molar-refractivity contribution in [3.63, 3.8) is 0 Å². The summed E-state index contributed by atoms with van der Waals surface area (Å²) in [5.74, 6) is -0.244. The number of amides is 1. The van der Waals surface area contributed by atoms with Crippen LogP contribution in [0.15, 0.2) is 42.5 Å². The Bertz CT molecular complexity index is 822. The van der Waals surface area contributed by atoms with Gasteiger partial charge in [-0.05, 0) is 35.9 Å². The lowest BCUT2D eigenvalue weighted by Gasteiger charge is -2.18. The fraction of sp³-hybridized carbons (Fsp3) is 0.333. The number of carbonyl (C=O) groups excluding carboxylic acids is 2. The fourth-order valence-corrected chi connectivity index (χ4v) is 2.80. The number of nitrogens with zero attached hydrogens (tertiary/aromatic N) is 2. The van der Waals surface area contributed by atoms with E-state index < -0.39 is 5.97 Å². The molecule has 2 rings (SSSR count).